The molecule has 2 aromatic heterocycles. The SMILES string of the molecule is Cn1ncc(Cl)c1-n1cnc(C(=O)N[C@@H](Cc2ccc(F)c(F)c2)CN2C(=O)c3ccccc3C2=O)c1. The fourth-order valence-electron chi connectivity index (χ4n) is 4.25. The van der Waals surface area contributed by atoms with Gasteiger partial charge in [-0.15, -0.1) is 0 Å². The van der Waals surface area contributed by atoms with Gasteiger partial charge in [0.15, 0.2) is 17.5 Å². The van der Waals surface area contributed by atoms with Crippen LogP contribution in [0.1, 0.15) is 36.8 Å². The van der Waals surface area contributed by atoms with Gasteiger partial charge in [-0.05, 0) is 36.2 Å². The Morgan fingerprint density at radius 3 is 2.41 bits per heavy atom. The minimum Gasteiger partial charge on any atom is -0.346 e. The van der Waals surface area contributed by atoms with E-state index in [2.05, 4.69) is 15.4 Å². The van der Waals surface area contributed by atoms with Gasteiger partial charge in [0, 0.05) is 19.8 Å². The number of carbonyl (C=O) groups excluding carboxylic acids is 3. The van der Waals surface area contributed by atoms with Gasteiger partial charge in [0.2, 0.25) is 0 Å². The Bertz CT molecular complexity index is 1490. The van der Waals surface area contributed by atoms with Crippen LogP contribution in [0.15, 0.2) is 61.2 Å². The maximum Gasteiger partial charge on any atom is 0.271 e. The van der Waals surface area contributed by atoms with Gasteiger partial charge in [-0.2, -0.15) is 5.10 Å². The second-order valence-corrected chi connectivity index (χ2v) is 8.90. The van der Waals surface area contributed by atoms with Crippen molar-refractivity contribution in [2.24, 2.45) is 7.05 Å². The minimum atomic E-state index is -1.05. The zero-order valence-electron chi connectivity index (χ0n) is 19.4. The van der Waals surface area contributed by atoms with Crippen LogP contribution in [0.2, 0.25) is 5.02 Å². The van der Waals surface area contributed by atoms with E-state index in [1.165, 1.54) is 34.0 Å². The third-order valence-corrected chi connectivity index (χ3v) is 6.27. The molecule has 1 N–H and O–H groups in total. The van der Waals surface area contributed by atoms with E-state index >= 15 is 0 Å². The average molecular weight is 525 g/mol. The molecule has 12 heteroatoms. The van der Waals surface area contributed by atoms with Gasteiger partial charge in [-0.1, -0.05) is 29.8 Å². The van der Waals surface area contributed by atoms with Crippen molar-refractivity contribution in [3.8, 4) is 5.82 Å². The maximum atomic E-state index is 13.9. The lowest BCUT2D eigenvalue weighted by Crippen LogP contribution is -2.47. The molecule has 0 saturated heterocycles. The minimum absolute atomic E-state index is 0.0185. The van der Waals surface area contributed by atoms with Crippen LogP contribution in [0.3, 0.4) is 0 Å². The van der Waals surface area contributed by atoms with Crippen LogP contribution in [0, 0.1) is 11.6 Å². The standard InChI is InChI=1S/C25H19ClF2N6O3/c1-32-23(18(26)10-30-32)33-12-21(29-13-33)22(35)31-15(8-14-6-7-19(27)20(28)9-14)11-34-24(36)16-4-2-3-5-17(16)25(34)37/h2-7,9-10,12-13,15H,8,11H2,1H3,(H,31,35)/t15-/m0/s1. The molecule has 0 fully saturated rings. The van der Waals surface area contributed by atoms with Gasteiger partial charge in [-0.3, -0.25) is 28.5 Å². The molecule has 2 aromatic carbocycles. The Labute approximate surface area is 214 Å². The number of carbonyl (C=O) groups is 3. The van der Waals surface area contributed by atoms with Gasteiger partial charge in [0.05, 0.1) is 23.4 Å². The zero-order chi connectivity index (χ0) is 26.3. The highest BCUT2D eigenvalue weighted by molar-refractivity contribution is 6.32. The summed E-state index contributed by atoms with van der Waals surface area (Å²) in [6.07, 6.45) is 4.32. The summed E-state index contributed by atoms with van der Waals surface area (Å²) in [6, 6.07) is 8.94. The van der Waals surface area contributed by atoms with E-state index in [1.54, 1.807) is 31.3 Å². The maximum absolute atomic E-state index is 13.9. The fourth-order valence-corrected chi connectivity index (χ4v) is 4.51. The van der Waals surface area contributed by atoms with Gasteiger partial charge >= 0.3 is 0 Å². The molecular formula is C25H19ClF2N6O3. The number of imide groups is 1. The molecule has 1 atom stereocenters. The van der Waals surface area contributed by atoms with Gasteiger partial charge in [0.25, 0.3) is 17.7 Å². The molecule has 0 spiro atoms. The normalized spacial score (nSPS) is 13.7. The summed E-state index contributed by atoms with van der Waals surface area (Å²) in [5.74, 6) is -3.15. The van der Waals surface area contributed by atoms with E-state index in [4.69, 9.17) is 11.6 Å². The van der Waals surface area contributed by atoms with Crippen LogP contribution in [0.25, 0.3) is 5.82 Å². The van der Waals surface area contributed by atoms with Crippen molar-refractivity contribution in [2.75, 3.05) is 6.54 Å². The highest BCUT2D eigenvalue weighted by Gasteiger charge is 2.36. The molecule has 1 aliphatic heterocycles. The topological polar surface area (TPSA) is 102 Å². The van der Waals surface area contributed by atoms with Crippen molar-refractivity contribution < 1.29 is 23.2 Å². The predicted octanol–water partition coefficient (Wildman–Crippen LogP) is 3.17. The van der Waals surface area contributed by atoms with Crippen LogP contribution < -0.4 is 5.32 Å². The van der Waals surface area contributed by atoms with Gasteiger partial charge in [-0.25, -0.2) is 13.8 Å². The lowest BCUT2D eigenvalue weighted by Gasteiger charge is -2.23. The molecule has 0 aliphatic carbocycles. The summed E-state index contributed by atoms with van der Waals surface area (Å²) >= 11 is 6.17. The highest BCUT2D eigenvalue weighted by atomic mass is 35.5. The quantitative estimate of drug-likeness (QED) is 0.374. The Hall–Kier alpha value is -4.38. The summed E-state index contributed by atoms with van der Waals surface area (Å²) < 4.78 is 30.4. The second-order valence-electron chi connectivity index (χ2n) is 8.50. The summed E-state index contributed by atoms with van der Waals surface area (Å²) in [4.78, 5) is 44.1. The number of imidazole rings is 1. The number of fused-ring (bicyclic) bond motifs is 1. The number of nitrogens with zero attached hydrogens (tertiary/aromatic N) is 5. The smallest absolute Gasteiger partial charge is 0.271 e. The molecule has 1 aliphatic rings. The summed E-state index contributed by atoms with van der Waals surface area (Å²) in [5, 5.41) is 7.17. The predicted molar refractivity (Wildman–Crippen MR) is 128 cm³/mol. The van der Waals surface area contributed by atoms with Crippen LogP contribution in [0.4, 0.5) is 8.78 Å². The average Bonchev–Trinajstić information content (AvgIpc) is 3.55. The summed E-state index contributed by atoms with van der Waals surface area (Å²) in [7, 11) is 1.68. The first kappa shape index (κ1) is 24.3. The monoisotopic (exact) mass is 524 g/mol. The molecule has 3 amide bonds. The molecule has 3 heterocycles. The molecule has 0 unspecified atom stereocenters. The van der Waals surface area contributed by atoms with E-state index in [1.807, 2.05) is 0 Å². The van der Waals surface area contributed by atoms with Crippen molar-refractivity contribution in [2.45, 2.75) is 12.5 Å². The van der Waals surface area contributed by atoms with Crippen molar-refractivity contribution in [1.29, 1.82) is 0 Å². The number of aryl methyl sites for hydroxylation is 1. The number of hydrogen-bond acceptors (Lipinski definition) is 5. The molecule has 188 valence electrons. The van der Waals surface area contributed by atoms with Crippen LogP contribution >= 0.6 is 11.6 Å². The van der Waals surface area contributed by atoms with E-state index in [0.29, 0.717) is 16.4 Å². The highest BCUT2D eigenvalue weighted by Crippen LogP contribution is 2.24. The van der Waals surface area contributed by atoms with E-state index in [-0.39, 0.29) is 29.8 Å². The molecule has 0 radical (unpaired) electrons. The Kier molecular flexibility index (Phi) is 6.30. The van der Waals surface area contributed by atoms with Crippen LogP contribution in [-0.2, 0) is 13.5 Å². The van der Waals surface area contributed by atoms with Crippen molar-refractivity contribution in [3.63, 3.8) is 0 Å². The van der Waals surface area contributed by atoms with Crippen LogP contribution in [-0.4, -0.2) is 54.5 Å². The number of rotatable bonds is 7. The van der Waals surface area contributed by atoms with Gasteiger partial charge < -0.3 is 5.32 Å². The molecule has 0 bridgehead atoms. The van der Waals surface area contributed by atoms with Crippen molar-refractivity contribution >= 4 is 29.3 Å². The second kappa shape index (κ2) is 9.58. The Balaban J connectivity index is 1.40. The number of nitrogens with one attached hydrogen (secondary N) is 1. The number of aromatic nitrogens is 4. The third-order valence-electron chi connectivity index (χ3n) is 6.01. The fraction of sp³-hybridized carbons (Fsp3) is 0.160. The number of benzene rings is 2. The zero-order valence-corrected chi connectivity index (χ0v) is 20.1. The first-order valence-electron chi connectivity index (χ1n) is 11.1. The number of hydrogen-bond donors (Lipinski definition) is 1. The molecule has 0 saturated carbocycles. The van der Waals surface area contributed by atoms with Gasteiger partial charge in [0.1, 0.15) is 17.0 Å². The third kappa shape index (κ3) is 4.60. The molecular weight excluding hydrogens is 506 g/mol. The first-order chi connectivity index (χ1) is 17.7. The number of halogens is 3. The molecule has 4 aromatic rings. The lowest BCUT2D eigenvalue weighted by molar-refractivity contribution is 0.0628. The van der Waals surface area contributed by atoms with Crippen LogP contribution in [0.5, 0.6) is 0 Å². The van der Waals surface area contributed by atoms with E-state index in [9.17, 15) is 23.2 Å². The van der Waals surface area contributed by atoms with E-state index in [0.717, 1.165) is 17.0 Å². The Morgan fingerprint density at radius 2 is 1.78 bits per heavy atom. The van der Waals surface area contributed by atoms with Crippen molar-refractivity contribution in [1.82, 2.24) is 29.5 Å². The van der Waals surface area contributed by atoms with E-state index < -0.39 is 35.4 Å². The largest absolute Gasteiger partial charge is 0.346 e. The molecule has 5 rings (SSSR count). The summed E-state index contributed by atoms with van der Waals surface area (Å²) in [6.45, 7) is -0.189. The van der Waals surface area contributed by atoms with Crippen molar-refractivity contribution in [3.05, 3.63) is 100 Å². The summed E-state index contributed by atoms with van der Waals surface area (Å²) in [5.41, 5.74) is 0.928. The molecule has 9 nitrogen and oxygen atoms in total. The Morgan fingerprint density at radius 1 is 1.08 bits per heavy atom. The molecule has 37 heavy (non-hydrogen) atoms. The number of amides is 3. The lowest BCUT2D eigenvalue weighted by atomic mass is 10.0. The first-order valence-corrected chi connectivity index (χ1v) is 11.5.